The SMILES string of the molecule is CCN1CCCC(NCC2CCOC2)C1. The second kappa shape index (κ2) is 5.83. The maximum absolute atomic E-state index is 5.39. The molecule has 15 heavy (non-hydrogen) atoms. The minimum absolute atomic E-state index is 0.722. The van der Waals surface area contributed by atoms with Crippen molar-refractivity contribution in [1.82, 2.24) is 10.2 Å². The van der Waals surface area contributed by atoms with E-state index in [0.29, 0.717) is 0 Å². The Kier molecular flexibility index (Phi) is 4.42. The van der Waals surface area contributed by atoms with Gasteiger partial charge in [0.1, 0.15) is 0 Å². The van der Waals surface area contributed by atoms with Crippen LogP contribution in [0.4, 0.5) is 0 Å². The molecule has 0 aromatic heterocycles. The van der Waals surface area contributed by atoms with Crippen molar-refractivity contribution in [3.8, 4) is 0 Å². The molecule has 2 heterocycles. The van der Waals surface area contributed by atoms with Crippen molar-refractivity contribution in [1.29, 1.82) is 0 Å². The van der Waals surface area contributed by atoms with E-state index in [1.54, 1.807) is 0 Å². The molecule has 2 rings (SSSR count). The van der Waals surface area contributed by atoms with Crippen molar-refractivity contribution >= 4 is 0 Å². The smallest absolute Gasteiger partial charge is 0.0507 e. The van der Waals surface area contributed by atoms with E-state index in [0.717, 1.165) is 31.7 Å². The Hall–Kier alpha value is -0.120. The van der Waals surface area contributed by atoms with Gasteiger partial charge in [-0.05, 0) is 38.3 Å². The number of likely N-dealkylation sites (tertiary alicyclic amines) is 1. The lowest BCUT2D eigenvalue weighted by molar-refractivity contribution is 0.176. The zero-order valence-electron chi connectivity index (χ0n) is 9.87. The van der Waals surface area contributed by atoms with Crippen LogP contribution in [0, 0.1) is 5.92 Å². The molecule has 2 fully saturated rings. The fourth-order valence-electron chi connectivity index (χ4n) is 2.59. The summed E-state index contributed by atoms with van der Waals surface area (Å²) < 4.78 is 5.39. The largest absolute Gasteiger partial charge is 0.381 e. The Morgan fingerprint density at radius 2 is 2.33 bits per heavy atom. The van der Waals surface area contributed by atoms with E-state index in [4.69, 9.17) is 4.74 Å². The average Bonchev–Trinajstić information content (AvgIpc) is 2.79. The highest BCUT2D eigenvalue weighted by molar-refractivity contribution is 4.79. The van der Waals surface area contributed by atoms with Gasteiger partial charge in [0.2, 0.25) is 0 Å². The molecule has 88 valence electrons. The van der Waals surface area contributed by atoms with Gasteiger partial charge in [-0.3, -0.25) is 0 Å². The number of piperidine rings is 1. The zero-order valence-corrected chi connectivity index (χ0v) is 9.87. The predicted molar refractivity (Wildman–Crippen MR) is 62.1 cm³/mol. The molecule has 2 unspecified atom stereocenters. The number of nitrogens with zero attached hydrogens (tertiary/aromatic N) is 1. The highest BCUT2D eigenvalue weighted by atomic mass is 16.5. The summed E-state index contributed by atoms with van der Waals surface area (Å²) in [5.41, 5.74) is 0. The van der Waals surface area contributed by atoms with E-state index < -0.39 is 0 Å². The Morgan fingerprint density at radius 1 is 1.40 bits per heavy atom. The molecule has 2 aliphatic rings. The van der Waals surface area contributed by atoms with Gasteiger partial charge in [0.25, 0.3) is 0 Å². The number of ether oxygens (including phenoxy) is 1. The molecule has 0 aromatic carbocycles. The molecule has 0 aliphatic carbocycles. The molecule has 0 amide bonds. The van der Waals surface area contributed by atoms with E-state index in [1.165, 1.54) is 38.9 Å². The van der Waals surface area contributed by atoms with E-state index in [2.05, 4.69) is 17.1 Å². The molecular weight excluding hydrogens is 188 g/mol. The summed E-state index contributed by atoms with van der Waals surface area (Å²) in [6.07, 6.45) is 3.95. The summed E-state index contributed by atoms with van der Waals surface area (Å²) in [5, 5.41) is 3.71. The van der Waals surface area contributed by atoms with Crippen LogP contribution in [0.3, 0.4) is 0 Å². The van der Waals surface area contributed by atoms with Crippen LogP contribution in [0.25, 0.3) is 0 Å². The summed E-state index contributed by atoms with van der Waals surface area (Å²) in [6, 6.07) is 0.722. The van der Waals surface area contributed by atoms with Gasteiger partial charge in [-0.1, -0.05) is 6.92 Å². The van der Waals surface area contributed by atoms with Crippen LogP contribution < -0.4 is 5.32 Å². The zero-order chi connectivity index (χ0) is 10.5. The second-order valence-electron chi connectivity index (χ2n) is 4.87. The summed E-state index contributed by atoms with van der Waals surface area (Å²) in [4.78, 5) is 2.55. The predicted octanol–water partition coefficient (Wildman–Crippen LogP) is 1.10. The molecule has 3 nitrogen and oxygen atoms in total. The van der Waals surface area contributed by atoms with Crippen molar-refractivity contribution in [2.75, 3.05) is 39.4 Å². The standard InChI is InChI=1S/C12H24N2O/c1-2-14-6-3-4-12(9-14)13-8-11-5-7-15-10-11/h11-13H,2-10H2,1H3. The molecule has 0 aromatic rings. The maximum Gasteiger partial charge on any atom is 0.0507 e. The number of rotatable bonds is 4. The van der Waals surface area contributed by atoms with E-state index in [-0.39, 0.29) is 0 Å². The normalized spacial score (nSPS) is 33.4. The molecule has 0 bridgehead atoms. The van der Waals surface area contributed by atoms with E-state index in [1.807, 2.05) is 0 Å². The molecule has 2 atom stereocenters. The second-order valence-corrected chi connectivity index (χ2v) is 4.87. The Labute approximate surface area is 93.2 Å². The first-order chi connectivity index (χ1) is 7.38. The van der Waals surface area contributed by atoms with Gasteiger partial charge >= 0.3 is 0 Å². The van der Waals surface area contributed by atoms with E-state index >= 15 is 0 Å². The van der Waals surface area contributed by atoms with E-state index in [9.17, 15) is 0 Å². The third-order valence-electron chi connectivity index (χ3n) is 3.67. The number of hydrogen-bond acceptors (Lipinski definition) is 3. The molecule has 0 radical (unpaired) electrons. The molecule has 0 saturated carbocycles. The summed E-state index contributed by atoms with van der Waals surface area (Å²) in [6.45, 7) is 9.08. The number of likely N-dealkylation sites (N-methyl/N-ethyl adjacent to an activating group) is 1. The third kappa shape index (κ3) is 3.44. The fraction of sp³-hybridized carbons (Fsp3) is 1.00. The first-order valence-corrected chi connectivity index (χ1v) is 6.42. The highest BCUT2D eigenvalue weighted by Crippen LogP contribution is 2.13. The minimum atomic E-state index is 0.722. The van der Waals surface area contributed by atoms with Crippen molar-refractivity contribution in [2.45, 2.75) is 32.2 Å². The summed E-state index contributed by atoms with van der Waals surface area (Å²) in [5.74, 6) is 0.766. The minimum Gasteiger partial charge on any atom is -0.381 e. The fourth-order valence-corrected chi connectivity index (χ4v) is 2.59. The van der Waals surface area contributed by atoms with Gasteiger partial charge in [0.05, 0.1) is 6.61 Å². The topological polar surface area (TPSA) is 24.5 Å². The Bertz CT molecular complexity index is 180. The number of hydrogen-bond donors (Lipinski definition) is 1. The first-order valence-electron chi connectivity index (χ1n) is 6.42. The highest BCUT2D eigenvalue weighted by Gasteiger charge is 2.21. The van der Waals surface area contributed by atoms with Crippen LogP contribution in [-0.4, -0.2) is 50.3 Å². The van der Waals surface area contributed by atoms with Crippen LogP contribution in [0.1, 0.15) is 26.2 Å². The molecule has 0 spiro atoms. The molecule has 2 aliphatic heterocycles. The molecule has 3 heteroatoms. The van der Waals surface area contributed by atoms with Gasteiger partial charge < -0.3 is 15.0 Å². The molecule has 2 saturated heterocycles. The van der Waals surface area contributed by atoms with Crippen molar-refractivity contribution < 1.29 is 4.74 Å². The van der Waals surface area contributed by atoms with Gasteiger partial charge in [-0.25, -0.2) is 0 Å². The lowest BCUT2D eigenvalue weighted by atomic mass is 10.0. The van der Waals surface area contributed by atoms with Gasteiger partial charge in [-0.15, -0.1) is 0 Å². The maximum atomic E-state index is 5.39. The summed E-state index contributed by atoms with van der Waals surface area (Å²) >= 11 is 0. The Morgan fingerprint density at radius 3 is 3.07 bits per heavy atom. The molecular formula is C12H24N2O. The lowest BCUT2D eigenvalue weighted by Crippen LogP contribution is -2.46. The quantitative estimate of drug-likeness (QED) is 0.755. The van der Waals surface area contributed by atoms with Crippen LogP contribution in [0.15, 0.2) is 0 Å². The Balaban J connectivity index is 1.65. The van der Waals surface area contributed by atoms with Gasteiger partial charge in [-0.2, -0.15) is 0 Å². The molecule has 1 N–H and O–H groups in total. The monoisotopic (exact) mass is 212 g/mol. The van der Waals surface area contributed by atoms with Gasteiger partial charge in [0, 0.05) is 25.7 Å². The van der Waals surface area contributed by atoms with Crippen LogP contribution >= 0.6 is 0 Å². The van der Waals surface area contributed by atoms with Crippen LogP contribution in [0.2, 0.25) is 0 Å². The average molecular weight is 212 g/mol. The van der Waals surface area contributed by atoms with Crippen molar-refractivity contribution in [3.63, 3.8) is 0 Å². The van der Waals surface area contributed by atoms with Crippen LogP contribution in [-0.2, 0) is 4.74 Å². The van der Waals surface area contributed by atoms with Crippen LogP contribution in [0.5, 0.6) is 0 Å². The lowest BCUT2D eigenvalue weighted by Gasteiger charge is -2.32. The van der Waals surface area contributed by atoms with Gasteiger partial charge in [0.15, 0.2) is 0 Å². The number of nitrogens with one attached hydrogen (secondary N) is 1. The third-order valence-corrected chi connectivity index (χ3v) is 3.67. The van der Waals surface area contributed by atoms with Crippen molar-refractivity contribution in [2.24, 2.45) is 5.92 Å². The van der Waals surface area contributed by atoms with Crippen molar-refractivity contribution in [3.05, 3.63) is 0 Å². The summed E-state index contributed by atoms with van der Waals surface area (Å²) in [7, 11) is 0. The first kappa shape index (κ1) is 11.4.